The molecule has 0 aliphatic carbocycles. The molecule has 7 heteroatoms. The summed E-state index contributed by atoms with van der Waals surface area (Å²) in [4.78, 5) is 12.1. The van der Waals surface area contributed by atoms with Crippen LogP contribution in [0, 0.1) is 0 Å². The molecule has 2 aromatic heterocycles. The van der Waals surface area contributed by atoms with E-state index in [1.54, 1.807) is 18.5 Å². The molecule has 0 N–H and O–H groups in total. The molecule has 2 rings (SSSR count). The highest BCUT2D eigenvalue weighted by atomic mass is 35.5. The zero-order valence-electron chi connectivity index (χ0n) is 10.2. The molecule has 0 radical (unpaired) electrons. The first kappa shape index (κ1) is 12.8. The van der Waals surface area contributed by atoms with E-state index in [1.165, 1.54) is 4.68 Å². The van der Waals surface area contributed by atoms with Crippen LogP contribution in [0.4, 0.5) is 0 Å². The van der Waals surface area contributed by atoms with Crippen molar-refractivity contribution in [2.24, 2.45) is 0 Å². The van der Waals surface area contributed by atoms with E-state index in [4.69, 9.17) is 16.3 Å². The molecule has 96 valence electrons. The van der Waals surface area contributed by atoms with Gasteiger partial charge in [0.25, 0.3) is 5.95 Å². The summed E-state index contributed by atoms with van der Waals surface area (Å²) < 4.78 is 7.09. The van der Waals surface area contributed by atoms with Gasteiger partial charge in [-0.3, -0.25) is 0 Å². The Morgan fingerprint density at radius 1 is 1.39 bits per heavy atom. The molecule has 1 unspecified atom stereocenters. The highest BCUT2D eigenvalue weighted by Crippen LogP contribution is 2.13. The Hall–Kier alpha value is -1.69. The molecule has 1 atom stereocenters. The van der Waals surface area contributed by atoms with Crippen LogP contribution in [0.1, 0.15) is 26.7 Å². The molecular formula is C11H14ClN5O. The average molecular weight is 268 g/mol. The molecule has 0 aliphatic heterocycles. The van der Waals surface area contributed by atoms with Crippen LogP contribution in [0.15, 0.2) is 18.5 Å². The zero-order valence-corrected chi connectivity index (χ0v) is 11.0. The minimum absolute atomic E-state index is 0.0407. The van der Waals surface area contributed by atoms with Crippen LogP contribution >= 0.6 is 11.6 Å². The first-order chi connectivity index (χ1) is 8.69. The van der Waals surface area contributed by atoms with E-state index in [-0.39, 0.29) is 17.4 Å². The third-order valence-electron chi connectivity index (χ3n) is 2.29. The van der Waals surface area contributed by atoms with Gasteiger partial charge in [0.05, 0.1) is 6.10 Å². The second-order valence-corrected chi connectivity index (χ2v) is 4.19. The normalized spacial score (nSPS) is 12.4. The van der Waals surface area contributed by atoms with Crippen LogP contribution in [0.3, 0.4) is 0 Å². The second-order valence-electron chi connectivity index (χ2n) is 3.85. The number of hydrogen-bond donors (Lipinski definition) is 0. The largest absolute Gasteiger partial charge is 0.460 e. The molecule has 6 nitrogen and oxygen atoms in total. The first-order valence-corrected chi connectivity index (χ1v) is 6.15. The number of halogens is 1. The van der Waals surface area contributed by atoms with Gasteiger partial charge in [-0.2, -0.15) is 20.1 Å². The first-order valence-electron chi connectivity index (χ1n) is 5.77. The summed E-state index contributed by atoms with van der Waals surface area (Å²) in [6.45, 7) is 4.06. The summed E-state index contributed by atoms with van der Waals surface area (Å²) in [5.41, 5.74) is 0. The summed E-state index contributed by atoms with van der Waals surface area (Å²) in [5, 5.41) is 4.13. The van der Waals surface area contributed by atoms with Crippen molar-refractivity contribution in [3.8, 4) is 12.0 Å². The quantitative estimate of drug-likeness (QED) is 0.831. The zero-order chi connectivity index (χ0) is 13.0. The summed E-state index contributed by atoms with van der Waals surface area (Å²) in [6, 6.07) is 2.00. The lowest BCUT2D eigenvalue weighted by atomic mass is 10.2. The van der Waals surface area contributed by atoms with Crippen LogP contribution in [0.2, 0.25) is 5.28 Å². The average Bonchev–Trinajstić information content (AvgIpc) is 2.81. The lowest BCUT2D eigenvalue weighted by molar-refractivity contribution is 0.191. The number of nitrogens with zero attached hydrogens (tertiary/aromatic N) is 5. The Balaban J connectivity index is 2.22. The van der Waals surface area contributed by atoms with E-state index in [0.29, 0.717) is 5.95 Å². The van der Waals surface area contributed by atoms with E-state index in [0.717, 1.165) is 12.8 Å². The molecule has 0 bridgehead atoms. The summed E-state index contributed by atoms with van der Waals surface area (Å²) in [5.74, 6) is 0.346. The monoisotopic (exact) mass is 267 g/mol. The topological polar surface area (TPSA) is 65.7 Å². The molecule has 0 saturated heterocycles. The van der Waals surface area contributed by atoms with Crippen molar-refractivity contribution in [2.75, 3.05) is 0 Å². The van der Waals surface area contributed by atoms with Crippen molar-refractivity contribution in [1.82, 2.24) is 24.7 Å². The van der Waals surface area contributed by atoms with E-state index in [2.05, 4.69) is 27.0 Å². The lowest BCUT2D eigenvalue weighted by Gasteiger charge is -2.12. The maximum Gasteiger partial charge on any atom is 0.322 e. The molecular weight excluding hydrogens is 254 g/mol. The minimum atomic E-state index is 0.0407. The van der Waals surface area contributed by atoms with Gasteiger partial charge in [-0.05, 0) is 31.0 Å². The Kier molecular flexibility index (Phi) is 4.09. The molecule has 18 heavy (non-hydrogen) atoms. The van der Waals surface area contributed by atoms with Gasteiger partial charge in [0.1, 0.15) is 0 Å². The van der Waals surface area contributed by atoms with E-state index in [9.17, 15) is 0 Å². The molecule has 2 aromatic rings. The Morgan fingerprint density at radius 2 is 2.22 bits per heavy atom. The fraction of sp³-hybridized carbons (Fsp3) is 0.455. The van der Waals surface area contributed by atoms with Crippen LogP contribution < -0.4 is 4.74 Å². The van der Waals surface area contributed by atoms with Crippen LogP contribution in [0.5, 0.6) is 6.01 Å². The third kappa shape index (κ3) is 3.16. The van der Waals surface area contributed by atoms with Gasteiger partial charge >= 0.3 is 6.01 Å². The fourth-order valence-electron chi connectivity index (χ4n) is 1.51. The van der Waals surface area contributed by atoms with Crippen LogP contribution in [-0.2, 0) is 0 Å². The van der Waals surface area contributed by atoms with Crippen LogP contribution in [0.25, 0.3) is 5.95 Å². The molecule has 2 heterocycles. The van der Waals surface area contributed by atoms with Crippen molar-refractivity contribution in [3.63, 3.8) is 0 Å². The van der Waals surface area contributed by atoms with Crippen molar-refractivity contribution in [2.45, 2.75) is 32.8 Å². The number of hydrogen-bond acceptors (Lipinski definition) is 5. The van der Waals surface area contributed by atoms with Gasteiger partial charge in [-0.1, -0.05) is 13.3 Å². The molecule has 0 spiro atoms. The van der Waals surface area contributed by atoms with Crippen molar-refractivity contribution in [1.29, 1.82) is 0 Å². The fourth-order valence-corrected chi connectivity index (χ4v) is 1.66. The number of rotatable bonds is 5. The van der Waals surface area contributed by atoms with Gasteiger partial charge in [0.15, 0.2) is 0 Å². The van der Waals surface area contributed by atoms with Crippen LogP contribution in [-0.4, -0.2) is 30.8 Å². The van der Waals surface area contributed by atoms with Gasteiger partial charge in [-0.25, -0.2) is 4.68 Å². The van der Waals surface area contributed by atoms with E-state index in [1.807, 2.05) is 6.92 Å². The maximum absolute atomic E-state index is 5.84. The number of aromatic nitrogens is 5. The summed E-state index contributed by atoms with van der Waals surface area (Å²) >= 11 is 5.84. The molecule has 0 aromatic carbocycles. The highest BCUT2D eigenvalue weighted by Gasteiger charge is 2.10. The van der Waals surface area contributed by atoms with Gasteiger partial charge in [0, 0.05) is 12.4 Å². The molecule has 0 saturated carbocycles. The van der Waals surface area contributed by atoms with Crippen molar-refractivity contribution in [3.05, 3.63) is 23.7 Å². The second kappa shape index (κ2) is 5.77. The van der Waals surface area contributed by atoms with Crippen molar-refractivity contribution >= 4 is 11.6 Å². The minimum Gasteiger partial charge on any atom is -0.460 e. The van der Waals surface area contributed by atoms with E-state index >= 15 is 0 Å². The Labute approximate surface area is 110 Å². The van der Waals surface area contributed by atoms with E-state index < -0.39 is 0 Å². The predicted molar refractivity (Wildman–Crippen MR) is 67.0 cm³/mol. The van der Waals surface area contributed by atoms with Gasteiger partial charge < -0.3 is 4.74 Å². The lowest BCUT2D eigenvalue weighted by Crippen LogP contribution is -2.14. The van der Waals surface area contributed by atoms with Gasteiger partial charge in [-0.15, -0.1) is 0 Å². The molecule has 0 amide bonds. The SMILES string of the molecule is CCCC(C)Oc1nc(Cl)nc(-n2cccn2)n1. The molecule has 0 fully saturated rings. The van der Waals surface area contributed by atoms with Gasteiger partial charge in [0.2, 0.25) is 5.28 Å². The summed E-state index contributed by atoms with van der Waals surface area (Å²) in [6.07, 6.45) is 5.37. The highest BCUT2D eigenvalue weighted by molar-refractivity contribution is 6.28. The maximum atomic E-state index is 5.84. The molecule has 0 aliphatic rings. The Morgan fingerprint density at radius 3 is 2.89 bits per heavy atom. The number of ether oxygens (including phenoxy) is 1. The summed E-state index contributed by atoms with van der Waals surface area (Å²) in [7, 11) is 0. The smallest absolute Gasteiger partial charge is 0.322 e. The van der Waals surface area contributed by atoms with Crippen molar-refractivity contribution < 1.29 is 4.74 Å². The predicted octanol–water partition coefficient (Wildman–Crippen LogP) is 2.28. The standard InChI is InChI=1S/C11H14ClN5O/c1-3-5-8(2)18-11-15-9(12)14-10(16-11)17-7-4-6-13-17/h4,6-8H,3,5H2,1-2H3. The Bertz CT molecular complexity index is 502. The third-order valence-corrected chi connectivity index (χ3v) is 2.46.